The number of aromatic nitrogens is 1. The maximum atomic E-state index is 12.2. The Kier molecular flexibility index (Phi) is 6.16. The lowest BCUT2D eigenvalue weighted by Gasteiger charge is -2.26. The highest BCUT2D eigenvalue weighted by Gasteiger charge is 2.24. The van der Waals surface area contributed by atoms with Crippen LogP contribution in [0.3, 0.4) is 0 Å². The van der Waals surface area contributed by atoms with Gasteiger partial charge in [0, 0.05) is 16.9 Å². The summed E-state index contributed by atoms with van der Waals surface area (Å²) < 4.78 is 0. The second-order valence-electron chi connectivity index (χ2n) is 4.92. The Morgan fingerprint density at radius 1 is 1.48 bits per heavy atom. The fraction of sp³-hybridized carbons (Fsp3) is 0.286. The van der Waals surface area contributed by atoms with Gasteiger partial charge in [-0.3, -0.25) is 4.79 Å². The number of amides is 1. The number of carbonyl (C=O) groups excluding carboxylic acids is 1. The number of carbonyl (C=O) groups is 1. The fourth-order valence-corrected chi connectivity index (χ4v) is 2.65. The van der Waals surface area contributed by atoms with E-state index < -0.39 is 5.54 Å². The van der Waals surface area contributed by atoms with Crippen molar-refractivity contribution in [2.75, 3.05) is 0 Å². The molecule has 0 saturated heterocycles. The minimum Gasteiger partial charge on any atom is -0.342 e. The molecule has 0 saturated carbocycles. The molecule has 2 rings (SSSR count). The number of hydrogen-bond donors (Lipinski definition) is 2. The van der Waals surface area contributed by atoms with Crippen molar-refractivity contribution in [3.05, 3.63) is 50.9 Å². The summed E-state index contributed by atoms with van der Waals surface area (Å²) in [6.45, 7) is 4.19. The molecule has 0 bridgehead atoms. The van der Waals surface area contributed by atoms with Crippen molar-refractivity contribution in [2.45, 2.75) is 25.9 Å². The normalized spacial score (nSPS) is 10.9. The number of nitrogens with zero attached hydrogens (tertiary/aromatic N) is 1. The first kappa shape index (κ1) is 17.9. The third kappa shape index (κ3) is 4.41. The summed E-state index contributed by atoms with van der Waals surface area (Å²) in [6, 6.07) is 7.44. The second-order valence-corrected chi connectivity index (χ2v) is 6.30. The van der Waals surface area contributed by atoms with Crippen LogP contribution in [0.5, 0.6) is 0 Å². The average Bonchev–Trinajstić information content (AvgIpc) is 2.87. The van der Waals surface area contributed by atoms with Crippen molar-refractivity contribution in [3.8, 4) is 0 Å². The average molecular weight is 346 g/mol. The number of nitrogens with two attached hydrogens (primary N) is 1. The molecule has 1 amide bonds. The number of hydrogen-bond acceptors (Lipinski definition) is 4. The highest BCUT2D eigenvalue weighted by atomic mass is 35.5. The molecule has 114 valence electrons. The van der Waals surface area contributed by atoms with E-state index >= 15 is 0 Å². The minimum absolute atomic E-state index is 0. The van der Waals surface area contributed by atoms with Gasteiger partial charge in [0.1, 0.15) is 10.7 Å². The van der Waals surface area contributed by atoms with Crippen LogP contribution in [0.15, 0.2) is 29.6 Å². The molecule has 0 unspecified atom stereocenters. The van der Waals surface area contributed by atoms with Gasteiger partial charge in [0.25, 0.3) is 5.91 Å². The first-order chi connectivity index (χ1) is 9.42. The van der Waals surface area contributed by atoms with Crippen LogP contribution in [0, 0.1) is 0 Å². The molecule has 0 fully saturated rings. The van der Waals surface area contributed by atoms with Gasteiger partial charge >= 0.3 is 0 Å². The summed E-state index contributed by atoms with van der Waals surface area (Å²) >= 11 is 7.37. The molecule has 0 spiro atoms. The molecule has 0 atom stereocenters. The van der Waals surface area contributed by atoms with Crippen molar-refractivity contribution < 1.29 is 4.79 Å². The number of thiazole rings is 1. The maximum absolute atomic E-state index is 12.2. The van der Waals surface area contributed by atoms with E-state index in [0.717, 1.165) is 10.6 Å². The third-order valence-electron chi connectivity index (χ3n) is 2.93. The fourth-order valence-electron chi connectivity index (χ4n) is 1.81. The molecule has 0 aliphatic rings. The van der Waals surface area contributed by atoms with Crippen LogP contribution < -0.4 is 11.1 Å². The van der Waals surface area contributed by atoms with E-state index in [4.69, 9.17) is 17.3 Å². The van der Waals surface area contributed by atoms with Gasteiger partial charge in [-0.05, 0) is 31.5 Å². The summed E-state index contributed by atoms with van der Waals surface area (Å²) in [5.41, 5.74) is 6.30. The Labute approximate surface area is 139 Å². The smallest absolute Gasteiger partial charge is 0.271 e. The first-order valence-corrected chi connectivity index (χ1v) is 7.41. The van der Waals surface area contributed by atoms with Crippen LogP contribution in [0.25, 0.3) is 0 Å². The van der Waals surface area contributed by atoms with Crippen molar-refractivity contribution >= 4 is 41.3 Å². The van der Waals surface area contributed by atoms with Gasteiger partial charge in [0.2, 0.25) is 0 Å². The van der Waals surface area contributed by atoms with Gasteiger partial charge in [-0.2, -0.15) is 0 Å². The molecular weight excluding hydrogens is 329 g/mol. The van der Waals surface area contributed by atoms with Gasteiger partial charge in [-0.25, -0.2) is 4.98 Å². The van der Waals surface area contributed by atoms with E-state index in [9.17, 15) is 4.79 Å². The van der Waals surface area contributed by atoms with Crippen LogP contribution in [0.2, 0.25) is 5.02 Å². The molecule has 0 aliphatic heterocycles. The molecule has 1 heterocycles. The lowest BCUT2D eigenvalue weighted by Crippen LogP contribution is -2.41. The lowest BCUT2D eigenvalue weighted by atomic mass is 9.94. The predicted octanol–water partition coefficient (Wildman–Crippen LogP) is 3.34. The van der Waals surface area contributed by atoms with E-state index in [0.29, 0.717) is 17.3 Å². The highest BCUT2D eigenvalue weighted by Crippen LogP contribution is 2.23. The third-order valence-corrected chi connectivity index (χ3v) is 4.04. The molecule has 4 nitrogen and oxygen atoms in total. The predicted molar refractivity (Wildman–Crippen MR) is 89.2 cm³/mol. The van der Waals surface area contributed by atoms with Crippen molar-refractivity contribution in [3.63, 3.8) is 0 Å². The Morgan fingerprint density at radius 2 is 2.19 bits per heavy atom. The molecule has 21 heavy (non-hydrogen) atoms. The SMILES string of the molecule is CC(C)(NC(=O)c1csc(CN)n1)c1cccc(Cl)c1.Cl. The van der Waals surface area contributed by atoms with Crippen LogP contribution in [0.4, 0.5) is 0 Å². The monoisotopic (exact) mass is 345 g/mol. The molecule has 1 aromatic carbocycles. The van der Waals surface area contributed by atoms with Crippen molar-refractivity contribution in [1.29, 1.82) is 0 Å². The summed E-state index contributed by atoms with van der Waals surface area (Å²) in [5.74, 6) is -0.217. The standard InChI is InChI=1S/C14H16ClN3OS.ClH/c1-14(2,9-4-3-5-10(15)6-9)18-13(19)11-8-20-12(7-16)17-11;/h3-6,8H,7,16H2,1-2H3,(H,18,19);1H. The largest absolute Gasteiger partial charge is 0.342 e. The van der Waals surface area contributed by atoms with Gasteiger partial charge in [-0.1, -0.05) is 23.7 Å². The second kappa shape index (κ2) is 7.22. The number of benzene rings is 1. The number of nitrogens with one attached hydrogen (secondary N) is 1. The number of halogens is 2. The van der Waals surface area contributed by atoms with Crippen molar-refractivity contribution in [1.82, 2.24) is 10.3 Å². The van der Waals surface area contributed by atoms with Crippen LogP contribution in [0.1, 0.15) is 34.9 Å². The summed E-state index contributed by atoms with van der Waals surface area (Å²) in [4.78, 5) is 16.4. The zero-order chi connectivity index (χ0) is 14.8. The first-order valence-electron chi connectivity index (χ1n) is 6.15. The van der Waals surface area contributed by atoms with Crippen molar-refractivity contribution in [2.24, 2.45) is 5.73 Å². The Balaban J connectivity index is 0.00000220. The van der Waals surface area contributed by atoms with E-state index in [-0.39, 0.29) is 18.3 Å². The highest BCUT2D eigenvalue weighted by molar-refractivity contribution is 7.09. The molecular formula is C14H17Cl2N3OS. The van der Waals surface area contributed by atoms with Crippen LogP contribution in [-0.4, -0.2) is 10.9 Å². The molecule has 1 aromatic heterocycles. The van der Waals surface area contributed by atoms with Gasteiger partial charge < -0.3 is 11.1 Å². The minimum atomic E-state index is -0.533. The van der Waals surface area contributed by atoms with Gasteiger partial charge in [-0.15, -0.1) is 23.7 Å². The molecule has 0 aliphatic carbocycles. The summed E-state index contributed by atoms with van der Waals surface area (Å²) in [6.07, 6.45) is 0. The topological polar surface area (TPSA) is 68.0 Å². The van der Waals surface area contributed by atoms with Gasteiger partial charge in [0.05, 0.1) is 5.54 Å². The van der Waals surface area contributed by atoms with E-state index in [1.54, 1.807) is 11.4 Å². The zero-order valence-electron chi connectivity index (χ0n) is 11.7. The maximum Gasteiger partial charge on any atom is 0.271 e. The zero-order valence-corrected chi connectivity index (χ0v) is 14.1. The quantitative estimate of drug-likeness (QED) is 0.892. The lowest BCUT2D eigenvalue weighted by molar-refractivity contribution is 0.0907. The Morgan fingerprint density at radius 3 is 2.76 bits per heavy atom. The van der Waals surface area contributed by atoms with Crippen LogP contribution in [-0.2, 0) is 12.1 Å². The molecule has 3 N–H and O–H groups in total. The summed E-state index contributed by atoms with van der Waals surface area (Å²) in [7, 11) is 0. The Bertz CT molecular complexity index is 628. The van der Waals surface area contributed by atoms with E-state index in [2.05, 4.69) is 10.3 Å². The van der Waals surface area contributed by atoms with E-state index in [1.807, 2.05) is 32.0 Å². The Hall–Kier alpha value is -1.14. The van der Waals surface area contributed by atoms with E-state index in [1.165, 1.54) is 11.3 Å². The summed E-state index contributed by atoms with van der Waals surface area (Å²) in [5, 5.41) is 6.06. The van der Waals surface area contributed by atoms with Crippen LogP contribution >= 0.6 is 35.3 Å². The number of rotatable bonds is 4. The molecule has 2 aromatic rings. The van der Waals surface area contributed by atoms with Gasteiger partial charge in [0.15, 0.2) is 0 Å². The molecule has 0 radical (unpaired) electrons. The molecule has 7 heteroatoms.